The van der Waals surface area contributed by atoms with Gasteiger partial charge in [0.2, 0.25) is 5.16 Å². The van der Waals surface area contributed by atoms with E-state index in [9.17, 15) is 4.79 Å². The smallest absolute Gasteiger partial charge is 0.258 e. The van der Waals surface area contributed by atoms with Crippen LogP contribution in [0.25, 0.3) is 0 Å². The van der Waals surface area contributed by atoms with Crippen molar-refractivity contribution in [1.29, 1.82) is 0 Å². The number of rotatable bonds is 10. The lowest BCUT2D eigenvalue weighted by Crippen LogP contribution is -3.00. The average Bonchev–Trinajstić information content (AvgIpc) is 3.03. The Balaban J connectivity index is 0.00000420. The van der Waals surface area contributed by atoms with Crippen LogP contribution in [0.4, 0.5) is 0 Å². The molecule has 1 aromatic heterocycles. The number of thioether (sulfide) groups is 1. The lowest BCUT2D eigenvalue weighted by molar-refractivity contribution is -0.124. The monoisotopic (exact) mass is 443 g/mol. The van der Waals surface area contributed by atoms with Gasteiger partial charge in [-0.2, -0.15) is 0 Å². The zero-order valence-corrected chi connectivity index (χ0v) is 18.9. The summed E-state index contributed by atoms with van der Waals surface area (Å²) in [6.07, 6.45) is 0. The van der Waals surface area contributed by atoms with Crippen molar-refractivity contribution in [1.82, 2.24) is 30.8 Å². The van der Waals surface area contributed by atoms with E-state index in [2.05, 4.69) is 26.2 Å². The molecule has 0 aliphatic heterocycles. The van der Waals surface area contributed by atoms with Crippen molar-refractivity contribution < 1.29 is 26.7 Å². The maximum Gasteiger partial charge on any atom is 0.258 e. The van der Waals surface area contributed by atoms with Gasteiger partial charge in [0.25, 0.3) is 5.91 Å². The van der Waals surface area contributed by atoms with Gasteiger partial charge in [-0.25, -0.2) is 4.68 Å². The zero-order chi connectivity index (χ0) is 20.6. The van der Waals surface area contributed by atoms with Crippen molar-refractivity contribution in [3.63, 3.8) is 0 Å². The summed E-state index contributed by atoms with van der Waals surface area (Å²) in [5.74, 6) is 1.83. The molecule has 29 heavy (non-hydrogen) atoms. The second kappa shape index (κ2) is 11.8. The molecule has 2 aromatic rings. The molecule has 0 spiro atoms. The van der Waals surface area contributed by atoms with Gasteiger partial charge in [-0.1, -0.05) is 17.8 Å². The van der Waals surface area contributed by atoms with Crippen LogP contribution in [0.1, 0.15) is 26.3 Å². The highest BCUT2D eigenvalue weighted by Gasteiger charge is 2.15. The second-order valence-electron chi connectivity index (χ2n) is 7.18. The number of tetrazole rings is 1. The Hall–Kier alpha value is -2.04. The van der Waals surface area contributed by atoms with Crippen molar-refractivity contribution in [3.8, 4) is 11.5 Å². The summed E-state index contributed by atoms with van der Waals surface area (Å²) in [7, 11) is 3.40. The minimum Gasteiger partial charge on any atom is -1.00 e. The molecule has 0 aliphatic carbocycles. The predicted molar refractivity (Wildman–Crippen MR) is 108 cm³/mol. The van der Waals surface area contributed by atoms with Crippen molar-refractivity contribution in [2.24, 2.45) is 7.05 Å². The Labute approximate surface area is 181 Å². The molecule has 0 saturated heterocycles. The fourth-order valence-electron chi connectivity index (χ4n) is 2.33. The average molecular weight is 444 g/mol. The third kappa shape index (κ3) is 8.88. The highest BCUT2D eigenvalue weighted by molar-refractivity contribution is 7.99. The lowest BCUT2D eigenvalue weighted by atomic mass is 10.1. The van der Waals surface area contributed by atoms with E-state index in [0.29, 0.717) is 18.0 Å². The molecule has 1 heterocycles. The summed E-state index contributed by atoms with van der Waals surface area (Å²) < 4.78 is 12.6. The van der Waals surface area contributed by atoms with E-state index >= 15 is 0 Å². The maximum absolute atomic E-state index is 11.9. The molecule has 11 heteroatoms. The number of nitrogens with zero attached hydrogens (tertiary/aromatic N) is 4. The number of benzene rings is 1. The SMILES string of the molecule is COc1cc(CNCCSc2nnnn2C)ccc1OCC(=O)NC(C)(C)C.[Cl-]. The summed E-state index contributed by atoms with van der Waals surface area (Å²) in [6.45, 7) is 7.23. The molecule has 0 bridgehead atoms. The Morgan fingerprint density at radius 3 is 2.66 bits per heavy atom. The summed E-state index contributed by atoms with van der Waals surface area (Å²) in [6, 6.07) is 5.68. The van der Waals surface area contributed by atoms with Crippen LogP contribution >= 0.6 is 11.8 Å². The van der Waals surface area contributed by atoms with Crippen LogP contribution in [0.15, 0.2) is 23.4 Å². The van der Waals surface area contributed by atoms with Gasteiger partial charge in [0.15, 0.2) is 18.1 Å². The van der Waals surface area contributed by atoms with E-state index in [-0.39, 0.29) is 30.5 Å². The summed E-state index contributed by atoms with van der Waals surface area (Å²) in [5.41, 5.74) is 0.774. The zero-order valence-electron chi connectivity index (χ0n) is 17.4. The van der Waals surface area contributed by atoms with E-state index in [1.807, 2.05) is 46.0 Å². The van der Waals surface area contributed by atoms with Gasteiger partial charge >= 0.3 is 0 Å². The normalized spacial score (nSPS) is 10.9. The van der Waals surface area contributed by atoms with Gasteiger partial charge < -0.3 is 32.5 Å². The highest BCUT2D eigenvalue weighted by Crippen LogP contribution is 2.28. The Morgan fingerprint density at radius 2 is 2.03 bits per heavy atom. The van der Waals surface area contributed by atoms with Gasteiger partial charge in [0.05, 0.1) is 7.11 Å². The topological polar surface area (TPSA) is 103 Å². The molecule has 1 amide bonds. The summed E-state index contributed by atoms with van der Waals surface area (Å²) >= 11 is 1.59. The first kappa shape index (κ1) is 25.0. The van der Waals surface area contributed by atoms with Gasteiger partial charge in [0, 0.05) is 31.4 Å². The number of carbonyl (C=O) groups is 1. The largest absolute Gasteiger partial charge is 1.00 e. The number of hydrogen-bond acceptors (Lipinski definition) is 8. The Bertz CT molecular complexity index is 781. The standard InChI is InChI=1S/C18H28N6O3S.ClH/c1-18(2,3)20-16(25)12-27-14-7-6-13(10-15(14)26-5)11-19-8-9-28-17-21-22-23-24(17)4;/h6-7,10,19H,8-9,11-12H2,1-5H3,(H,20,25);1H/p-1. The van der Waals surface area contributed by atoms with Gasteiger partial charge in [-0.3, -0.25) is 4.79 Å². The molecule has 0 radical (unpaired) electrons. The minimum atomic E-state index is -0.290. The fourth-order valence-corrected chi connectivity index (χ4v) is 3.08. The van der Waals surface area contributed by atoms with Crippen molar-refractivity contribution >= 4 is 17.7 Å². The third-order valence-electron chi connectivity index (χ3n) is 3.52. The maximum atomic E-state index is 11.9. The van der Waals surface area contributed by atoms with Gasteiger partial charge in [0.1, 0.15) is 0 Å². The summed E-state index contributed by atoms with van der Waals surface area (Å²) in [5, 5.41) is 18.4. The molecule has 0 saturated carbocycles. The Kier molecular flexibility index (Phi) is 10.2. The second-order valence-corrected chi connectivity index (χ2v) is 8.24. The first-order chi connectivity index (χ1) is 13.3. The van der Waals surface area contributed by atoms with E-state index < -0.39 is 0 Å². The predicted octanol–water partition coefficient (Wildman–Crippen LogP) is -1.60. The minimum absolute atomic E-state index is 0. The molecule has 0 atom stereocenters. The van der Waals surface area contributed by atoms with Crippen LogP contribution < -0.4 is 32.5 Å². The molecule has 9 nitrogen and oxygen atoms in total. The van der Waals surface area contributed by atoms with Crippen LogP contribution in [0.3, 0.4) is 0 Å². The van der Waals surface area contributed by atoms with Crippen molar-refractivity contribution in [3.05, 3.63) is 23.8 Å². The Morgan fingerprint density at radius 1 is 1.28 bits per heavy atom. The number of methoxy groups -OCH3 is 1. The number of nitrogens with one attached hydrogen (secondary N) is 2. The van der Waals surface area contributed by atoms with Crippen LogP contribution in [0, 0.1) is 0 Å². The van der Waals surface area contributed by atoms with Crippen molar-refractivity contribution in [2.45, 2.75) is 38.0 Å². The quantitative estimate of drug-likeness (QED) is 0.334. The number of ether oxygens (including phenoxy) is 2. The van der Waals surface area contributed by atoms with Crippen LogP contribution in [0.5, 0.6) is 11.5 Å². The molecule has 0 unspecified atom stereocenters. The molecule has 0 aliphatic rings. The molecule has 0 fully saturated rings. The first-order valence-corrected chi connectivity index (χ1v) is 9.93. The molecule has 2 rings (SSSR count). The van der Waals surface area contributed by atoms with E-state index in [4.69, 9.17) is 9.47 Å². The molecular formula is C18H28ClN6O3S-. The van der Waals surface area contributed by atoms with Gasteiger partial charge in [-0.15, -0.1) is 5.10 Å². The van der Waals surface area contributed by atoms with Gasteiger partial charge in [-0.05, 0) is 48.9 Å². The molecule has 2 N–H and O–H groups in total. The number of hydrogen-bond donors (Lipinski definition) is 2. The van der Waals surface area contributed by atoms with E-state index in [1.54, 1.807) is 23.6 Å². The number of carbonyl (C=O) groups excluding carboxylic acids is 1. The molecule has 162 valence electrons. The first-order valence-electron chi connectivity index (χ1n) is 8.95. The van der Waals surface area contributed by atoms with E-state index in [0.717, 1.165) is 23.0 Å². The molecular weight excluding hydrogens is 416 g/mol. The lowest BCUT2D eigenvalue weighted by Gasteiger charge is -2.20. The third-order valence-corrected chi connectivity index (χ3v) is 4.53. The van der Waals surface area contributed by atoms with Crippen LogP contribution in [-0.2, 0) is 18.4 Å². The number of amides is 1. The number of halogens is 1. The number of aryl methyl sites for hydroxylation is 1. The fraction of sp³-hybridized carbons (Fsp3) is 0.556. The van der Waals surface area contributed by atoms with Crippen LogP contribution in [-0.4, -0.2) is 57.7 Å². The van der Waals surface area contributed by atoms with Crippen LogP contribution in [0.2, 0.25) is 0 Å². The highest BCUT2D eigenvalue weighted by atomic mass is 35.5. The number of aromatic nitrogens is 4. The van der Waals surface area contributed by atoms with Crippen molar-refractivity contribution in [2.75, 3.05) is 26.0 Å². The summed E-state index contributed by atoms with van der Waals surface area (Å²) in [4.78, 5) is 11.9. The van der Waals surface area contributed by atoms with E-state index in [1.165, 1.54) is 0 Å². The molecule has 1 aromatic carbocycles.